The summed E-state index contributed by atoms with van der Waals surface area (Å²) < 4.78 is 5.35. The van der Waals surface area contributed by atoms with Gasteiger partial charge in [0.15, 0.2) is 11.3 Å². The highest BCUT2D eigenvalue weighted by Gasteiger charge is 2.39. The lowest BCUT2D eigenvalue weighted by Gasteiger charge is -2.19. The van der Waals surface area contributed by atoms with Gasteiger partial charge in [-0.05, 0) is 56.2 Å². The highest BCUT2D eigenvalue weighted by molar-refractivity contribution is 8.15. The van der Waals surface area contributed by atoms with Gasteiger partial charge in [-0.2, -0.15) is 0 Å². The first kappa shape index (κ1) is 29.0. The van der Waals surface area contributed by atoms with Gasteiger partial charge >= 0.3 is 0 Å². The smallest absolute Gasteiger partial charge is 0.254 e. The number of amides is 3. The highest BCUT2D eigenvalue weighted by Crippen LogP contribution is 2.40. The Morgan fingerprint density at radius 1 is 1.00 bits per heavy atom. The fourth-order valence-electron chi connectivity index (χ4n) is 4.15. The first-order chi connectivity index (χ1) is 19.3. The van der Waals surface area contributed by atoms with Crippen molar-refractivity contribution < 1.29 is 19.1 Å². The third kappa shape index (κ3) is 7.13. The molecule has 3 atom stereocenters. The molecule has 1 aromatic heterocycles. The molecule has 1 unspecified atom stereocenters. The number of aromatic nitrogens is 1. The molecule has 0 bridgehead atoms. The van der Waals surface area contributed by atoms with E-state index in [0.717, 1.165) is 11.3 Å². The SMILES string of the molecule is CO[C@H](C(=O)N[C@@H](C)C(=O)Nc1ccc(C2S/C(=N\C(C)C)N(Cc3ccccn3)C2=O)cc1)c1ccccc1. The van der Waals surface area contributed by atoms with E-state index in [2.05, 4.69) is 20.6 Å². The number of pyridine rings is 1. The molecule has 208 valence electrons. The zero-order chi connectivity index (χ0) is 28.6. The molecule has 2 aromatic carbocycles. The van der Waals surface area contributed by atoms with Crippen LogP contribution in [0, 0.1) is 0 Å². The van der Waals surface area contributed by atoms with Crippen LogP contribution in [0.4, 0.5) is 5.69 Å². The van der Waals surface area contributed by atoms with Crippen LogP contribution in [0.3, 0.4) is 0 Å². The molecular formula is C30H33N5O4S. The number of nitrogens with one attached hydrogen (secondary N) is 2. The predicted octanol–water partition coefficient (Wildman–Crippen LogP) is 4.49. The van der Waals surface area contributed by atoms with Crippen LogP contribution in [0.1, 0.15) is 48.9 Å². The van der Waals surface area contributed by atoms with Gasteiger partial charge in [0, 0.05) is 25.0 Å². The summed E-state index contributed by atoms with van der Waals surface area (Å²) >= 11 is 1.41. The van der Waals surface area contributed by atoms with Crippen molar-refractivity contribution >= 4 is 40.3 Å². The maximum absolute atomic E-state index is 13.4. The van der Waals surface area contributed by atoms with Gasteiger partial charge in [-0.1, -0.05) is 60.3 Å². The summed E-state index contributed by atoms with van der Waals surface area (Å²) in [5.41, 5.74) is 2.84. The van der Waals surface area contributed by atoms with E-state index in [1.165, 1.54) is 18.9 Å². The number of methoxy groups -OCH3 is 1. The second kappa shape index (κ2) is 13.4. The highest BCUT2D eigenvalue weighted by atomic mass is 32.2. The van der Waals surface area contributed by atoms with Gasteiger partial charge in [-0.25, -0.2) is 0 Å². The first-order valence-electron chi connectivity index (χ1n) is 13.0. The molecule has 1 aliphatic rings. The molecule has 3 amide bonds. The number of hydrogen-bond donors (Lipinski definition) is 2. The minimum atomic E-state index is -0.821. The predicted molar refractivity (Wildman–Crippen MR) is 157 cm³/mol. The summed E-state index contributed by atoms with van der Waals surface area (Å²) in [6, 6.07) is 21.1. The maximum Gasteiger partial charge on any atom is 0.254 e. The van der Waals surface area contributed by atoms with E-state index in [9.17, 15) is 14.4 Å². The summed E-state index contributed by atoms with van der Waals surface area (Å²) in [6.07, 6.45) is 0.886. The maximum atomic E-state index is 13.4. The summed E-state index contributed by atoms with van der Waals surface area (Å²) in [6.45, 7) is 5.91. The van der Waals surface area contributed by atoms with E-state index in [1.54, 1.807) is 42.3 Å². The van der Waals surface area contributed by atoms with E-state index in [-0.39, 0.29) is 17.9 Å². The monoisotopic (exact) mass is 559 g/mol. The van der Waals surface area contributed by atoms with E-state index in [1.807, 2.05) is 62.4 Å². The Morgan fingerprint density at radius 2 is 1.70 bits per heavy atom. The molecule has 9 nitrogen and oxygen atoms in total. The zero-order valence-corrected chi connectivity index (χ0v) is 23.7. The van der Waals surface area contributed by atoms with Crippen LogP contribution >= 0.6 is 11.8 Å². The standard InChI is InChI=1S/C30H33N5O4S/c1-19(2)32-30-35(18-24-12-8-9-17-31-24)29(38)26(40-30)22-13-15-23(16-14-22)34-27(36)20(3)33-28(37)25(39-4)21-10-6-5-7-11-21/h5-17,19-20,25-26H,18H2,1-4H3,(H,33,37)(H,34,36)/b32-30-/t20-,25-,26?/m0/s1. The molecule has 3 aromatic rings. The number of ether oxygens (including phenoxy) is 1. The molecule has 1 saturated heterocycles. The van der Waals surface area contributed by atoms with Gasteiger partial charge in [0.1, 0.15) is 11.3 Å². The molecule has 0 aliphatic carbocycles. The summed E-state index contributed by atoms with van der Waals surface area (Å²) in [7, 11) is 1.45. The number of carbonyl (C=O) groups excluding carboxylic acids is 3. The number of hydrogen-bond acceptors (Lipinski definition) is 7. The van der Waals surface area contributed by atoms with Gasteiger partial charge in [0.2, 0.25) is 11.8 Å². The van der Waals surface area contributed by atoms with Crippen LogP contribution in [0.2, 0.25) is 0 Å². The number of thioether (sulfide) groups is 1. The number of amidine groups is 1. The average Bonchev–Trinajstić information content (AvgIpc) is 3.24. The molecular weight excluding hydrogens is 526 g/mol. The molecule has 10 heteroatoms. The van der Waals surface area contributed by atoms with Crippen molar-refractivity contribution in [3.05, 3.63) is 95.8 Å². The molecule has 0 saturated carbocycles. The Bertz CT molecular complexity index is 1350. The Labute approximate surface area is 238 Å². The van der Waals surface area contributed by atoms with Crippen molar-refractivity contribution in [1.82, 2.24) is 15.2 Å². The Kier molecular flexibility index (Phi) is 9.68. The van der Waals surface area contributed by atoms with Crippen LogP contribution in [0.5, 0.6) is 0 Å². The molecule has 0 radical (unpaired) electrons. The summed E-state index contributed by atoms with van der Waals surface area (Å²) in [4.78, 5) is 49.7. The quantitative estimate of drug-likeness (QED) is 0.378. The topological polar surface area (TPSA) is 113 Å². The Morgan fingerprint density at radius 3 is 2.33 bits per heavy atom. The number of anilines is 1. The Balaban J connectivity index is 1.40. The van der Waals surface area contributed by atoms with Crippen molar-refractivity contribution in [3.63, 3.8) is 0 Å². The number of carbonyl (C=O) groups is 3. The van der Waals surface area contributed by atoms with Crippen molar-refractivity contribution in [2.75, 3.05) is 12.4 Å². The molecule has 4 rings (SSSR count). The lowest BCUT2D eigenvalue weighted by molar-refractivity contribution is -0.134. The molecule has 2 heterocycles. The molecule has 0 spiro atoms. The van der Waals surface area contributed by atoms with Crippen molar-refractivity contribution in [3.8, 4) is 0 Å². The van der Waals surface area contributed by atoms with Crippen molar-refractivity contribution in [2.45, 2.75) is 50.8 Å². The fraction of sp³-hybridized carbons (Fsp3) is 0.300. The minimum absolute atomic E-state index is 0.0345. The summed E-state index contributed by atoms with van der Waals surface area (Å²) in [5, 5.41) is 5.75. The number of aliphatic imine (C=N–C) groups is 1. The second-order valence-electron chi connectivity index (χ2n) is 9.62. The molecule has 40 heavy (non-hydrogen) atoms. The zero-order valence-electron chi connectivity index (χ0n) is 22.9. The lowest BCUT2D eigenvalue weighted by Crippen LogP contribution is -2.44. The third-order valence-electron chi connectivity index (χ3n) is 6.17. The van der Waals surface area contributed by atoms with Gasteiger partial charge in [-0.3, -0.25) is 29.3 Å². The number of benzene rings is 2. The minimum Gasteiger partial charge on any atom is -0.367 e. The Hall–Kier alpha value is -4.02. The van der Waals surface area contributed by atoms with Crippen LogP contribution in [-0.2, 0) is 25.7 Å². The third-order valence-corrected chi connectivity index (χ3v) is 7.41. The largest absolute Gasteiger partial charge is 0.367 e. The normalized spacial score (nSPS) is 17.6. The summed E-state index contributed by atoms with van der Waals surface area (Å²) in [5.74, 6) is -0.838. The van der Waals surface area contributed by atoms with E-state index in [0.29, 0.717) is 23.0 Å². The average molecular weight is 560 g/mol. The van der Waals surface area contributed by atoms with Crippen LogP contribution in [0.15, 0.2) is 84.0 Å². The lowest BCUT2D eigenvalue weighted by atomic mass is 10.1. The molecule has 1 fully saturated rings. The molecule has 1 aliphatic heterocycles. The fourth-order valence-corrected chi connectivity index (χ4v) is 5.44. The molecule has 2 N–H and O–H groups in total. The van der Waals surface area contributed by atoms with E-state index >= 15 is 0 Å². The van der Waals surface area contributed by atoms with Crippen LogP contribution in [0.25, 0.3) is 0 Å². The van der Waals surface area contributed by atoms with Crippen molar-refractivity contribution in [2.24, 2.45) is 4.99 Å². The van der Waals surface area contributed by atoms with Gasteiger partial charge in [-0.15, -0.1) is 0 Å². The van der Waals surface area contributed by atoms with Gasteiger partial charge in [0.05, 0.1) is 12.2 Å². The van der Waals surface area contributed by atoms with Gasteiger partial charge in [0.25, 0.3) is 5.91 Å². The van der Waals surface area contributed by atoms with E-state index < -0.39 is 23.3 Å². The number of nitrogens with zero attached hydrogens (tertiary/aromatic N) is 3. The van der Waals surface area contributed by atoms with Crippen molar-refractivity contribution in [1.29, 1.82) is 0 Å². The van der Waals surface area contributed by atoms with Gasteiger partial charge < -0.3 is 15.4 Å². The van der Waals surface area contributed by atoms with Crippen LogP contribution < -0.4 is 10.6 Å². The first-order valence-corrected chi connectivity index (χ1v) is 13.9. The second-order valence-corrected chi connectivity index (χ2v) is 10.7. The van der Waals surface area contributed by atoms with Crippen LogP contribution in [-0.4, -0.2) is 52.0 Å². The number of rotatable bonds is 10. The van der Waals surface area contributed by atoms with E-state index in [4.69, 9.17) is 4.74 Å².